The molecule has 3 aliphatic rings. The quantitative estimate of drug-likeness (QED) is 0.250. The SMILES string of the molecule is CSc1cccc(CN2C3CC2CN(c2ccc(-c4cc(-c5cnn(C(F)F)c5)cn5ncc(C#N)c45)cn2)C3)n1. The summed E-state index contributed by atoms with van der Waals surface area (Å²) >= 11 is 1.66. The lowest BCUT2D eigenvalue weighted by Gasteiger charge is -2.56. The van der Waals surface area contributed by atoms with Gasteiger partial charge in [0.25, 0.3) is 0 Å². The summed E-state index contributed by atoms with van der Waals surface area (Å²) in [5, 5.41) is 18.8. The normalized spacial score (nSPS) is 18.6. The highest BCUT2D eigenvalue weighted by molar-refractivity contribution is 7.98. The van der Waals surface area contributed by atoms with Crippen LogP contribution < -0.4 is 4.90 Å². The summed E-state index contributed by atoms with van der Waals surface area (Å²) in [5.41, 5.74) is 4.91. The molecule has 12 heteroatoms. The molecule has 8 heterocycles. The Balaban J connectivity index is 1.13. The first kappa shape index (κ1) is 25.6. The summed E-state index contributed by atoms with van der Waals surface area (Å²) in [6, 6.07) is 15.2. The Labute approximate surface area is 239 Å². The third-order valence-electron chi connectivity index (χ3n) is 7.93. The Morgan fingerprint density at radius 2 is 1.88 bits per heavy atom. The van der Waals surface area contributed by atoms with Crippen LogP contribution in [-0.2, 0) is 6.54 Å². The van der Waals surface area contributed by atoms with Crippen molar-refractivity contribution in [3.63, 3.8) is 0 Å². The van der Waals surface area contributed by atoms with E-state index in [1.807, 2.05) is 30.5 Å². The van der Waals surface area contributed by atoms with Crippen molar-refractivity contribution >= 4 is 23.1 Å². The molecule has 0 N–H and O–H groups in total. The maximum atomic E-state index is 13.1. The molecule has 0 amide bonds. The third-order valence-corrected chi connectivity index (χ3v) is 8.57. The zero-order valence-corrected chi connectivity index (χ0v) is 22.9. The van der Waals surface area contributed by atoms with Crippen molar-refractivity contribution in [3.05, 3.63) is 78.6 Å². The van der Waals surface area contributed by atoms with Crippen molar-refractivity contribution in [1.82, 2.24) is 34.3 Å². The van der Waals surface area contributed by atoms with Gasteiger partial charge in [0.15, 0.2) is 0 Å². The smallest absolute Gasteiger partial charge is 0.333 e. The Hall–Kier alpha value is -4.34. The molecule has 8 rings (SSSR count). The number of thioether (sulfide) groups is 1. The average Bonchev–Trinajstić information content (AvgIpc) is 3.68. The van der Waals surface area contributed by atoms with Crippen LogP contribution in [0.25, 0.3) is 27.8 Å². The van der Waals surface area contributed by atoms with Crippen LogP contribution in [0.2, 0.25) is 0 Å². The standard InChI is InChI=1S/C29H25F2N9S/c1-41-27-4-2-3-22(36-27)15-38-23-8-24(38)17-37(16-23)26-6-5-18(10-33-26)25-7-19(21-12-35-40(14-21)29(30)31)13-39-28(25)20(9-32)11-34-39/h2-7,10-14,23-24,29H,8,15-17H2,1H3. The van der Waals surface area contributed by atoms with Gasteiger partial charge in [0.1, 0.15) is 11.9 Å². The van der Waals surface area contributed by atoms with Gasteiger partial charge in [0, 0.05) is 72.6 Å². The fourth-order valence-corrected chi connectivity index (χ4v) is 6.31. The Bertz CT molecular complexity index is 1760. The lowest BCUT2D eigenvalue weighted by atomic mass is 9.87. The molecular formula is C29H25F2N9S. The third kappa shape index (κ3) is 4.61. The highest BCUT2D eigenvalue weighted by atomic mass is 32.2. The Kier molecular flexibility index (Phi) is 6.40. The topological polar surface area (TPSA) is 91.2 Å². The second kappa shape index (κ2) is 10.2. The molecule has 5 aromatic rings. The van der Waals surface area contributed by atoms with E-state index in [9.17, 15) is 14.0 Å². The van der Waals surface area contributed by atoms with Crippen LogP contribution in [0.4, 0.5) is 14.6 Å². The molecule has 2 atom stereocenters. The van der Waals surface area contributed by atoms with Crippen molar-refractivity contribution in [3.8, 4) is 28.3 Å². The summed E-state index contributed by atoms with van der Waals surface area (Å²) in [7, 11) is 0. The predicted octanol–water partition coefficient (Wildman–Crippen LogP) is 5.11. The molecule has 2 bridgehead atoms. The summed E-state index contributed by atoms with van der Waals surface area (Å²) in [4.78, 5) is 14.4. The number of alkyl halides is 2. The Morgan fingerprint density at radius 1 is 1.02 bits per heavy atom. The van der Waals surface area contributed by atoms with E-state index in [-0.39, 0.29) is 0 Å². The fourth-order valence-electron chi connectivity index (χ4n) is 5.89. The monoisotopic (exact) mass is 569 g/mol. The number of fused-ring (bicyclic) bond motifs is 3. The molecule has 3 aliphatic heterocycles. The molecule has 0 saturated carbocycles. The number of nitrogens with zero attached hydrogens (tertiary/aromatic N) is 9. The minimum absolute atomic E-state index is 0.424. The number of nitriles is 1. The number of anilines is 1. The van der Waals surface area contributed by atoms with Gasteiger partial charge in [-0.25, -0.2) is 19.2 Å². The molecule has 2 unspecified atom stereocenters. The lowest BCUT2D eigenvalue weighted by molar-refractivity contribution is -0.00979. The van der Waals surface area contributed by atoms with E-state index in [0.717, 1.165) is 47.3 Å². The summed E-state index contributed by atoms with van der Waals surface area (Å²) in [5.74, 6) is 0.907. The molecule has 41 heavy (non-hydrogen) atoms. The second-order valence-electron chi connectivity index (χ2n) is 10.3. The number of piperazine rings is 1. The maximum absolute atomic E-state index is 13.1. The molecular weight excluding hydrogens is 544 g/mol. The van der Waals surface area contributed by atoms with E-state index in [0.29, 0.717) is 39.0 Å². The second-order valence-corrected chi connectivity index (χ2v) is 11.1. The van der Waals surface area contributed by atoms with Crippen molar-refractivity contribution in [1.29, 1.82) is 5.26 Å². The first-order valence-corrected chi connectivity index (χ1v) is 14.4. The number of aromatic nitrogens is 6. The number of halogens is 2. The van der Waals surface area contributed by atoms with Crippen LogP contribution in [0.1, 0.15) is 24.2 Å². The molecule has 206 valence electrons. The molecule has 9 nitrogen and oxygen atoms in total. The van der Waals surface area contributed by atoms with E-state index in [1.54, 1.807) is 28.7 Å². The number of hydrogen-bond acceptors (Lipinski definition) is 8. The van der Waals surface area contributed by atoms with Gasteiger partial charge in [-0.3, -0.25) is 4.90 Å². The Morgan fingerprint density at radius 3 is 2.59 bits per heavy atom. The van der Waals surface area contributed by atoms with Crippen molar-refractivity contribution < 1.29 is 8.78 Å². The lowest BCUT2D eigenvalue weighted by Crippen LogP contribution is -2.68. The molecule has 0 aliphatic carbocycles. The number of pyridine rings is 3. The van der Waals surface area contributed by atoms with E-state index in [2.05, 4.69) is 38.2 Å². The van der Waals surface area contributed by atoms with Crippen LogP contribution in [-0.4, -0.2) is 65.7 Å². The molecule has 0 aromatic carbocycles. The molecule has 3 fully saturated rings. The van der Waals surface area contributed by atoms with E-state index in [1.165, 1.54) is 25.0 Å². The van der Waals surface area contributed by atoms with E-state index >= 15 is 0 Å². The molecule has 3 saturated heterocycles. The zero-order valence-electron chi connectivity index (χ0n) is 22.1. The highest BCUT2D eigenvalue weighted by Crippen LogP contribution is 2.37. The highest BCUT2D eigenvalue weighted by Gasteiger charge is 2.44. The summed E-state index contributed by atoms with van der Waals surface area (Å²) in [6.07, 6.45) is 10.9. The van der Waals surface area contributed by atoms with E-state index < -0.39 is 6.55 Å². The van der Waals surface area contributed by atoms with Crippen LogP contribution in [0.3, 0.4) is 0 Å². The largest absolute Gasteiger partial charge is 0.353 e. The maximum Gasteiger partial charge on any atom is 0.333 e. The van der Waals surface area contributed by atoms with Crippen molar-refractivity contribution in [2.45, 2.75) is 36.6 Å². The van der Waals surface area contributed by atoms with Crippen LogP contribution in [0, 0.1) is 11.3 Å². The van der Waals surface area contributed by atoms with Gasteiger partial charge in [0.05, 0.1) is 34.2 Å². The van der Waals surface area contributed by atoms with Crippen LogP contribution >= 0.6 is 11.8 Å². The van der Waals surface area contributed by atoms with E-state index in [4.69, 9.17) is 9.97 Å². The number of hydrogen-bond donors (Lipinski definition) is 0. The van der Waals surface area contributed by atoms with Gasteiger partial charge >= 0.3 is 6.55 Å². The number of piperidine rings is 1. The van der Waals surface area contributed by atoms with Crippen molar-refractivity contribution in [2.24, 2.45) is 0 Å². The van der Waals surface area contributed by atoms with Gasteiger partial charge in [-0.2, -0.15) is 24.2 Å². The molecule has 0 spiro atoms. The fraction of sp³-hybridized carbons (Fsp3) is 0.276. The van der Waals surface area contributed by atoms with Gasteiger partial charge < -0.3 is 4.90 Å². The zero-order chi connectivity index (χ0) is 28.1. The first-order valence-electron chi connectivity index (χ1n) is 13.2. The molecule has 5 aromatic heterocycles. The summed E-state index contributed by atoms with van der Waals surface area (Å²) in [6.45, 7) is -0.0613. The first-order chi connectivity index (χ1) is 20.0. The number of rotatable bonds is 7. The van der Waals surface area contributed by atoms with Crippen molar-refractivity contribution in [2.75, 3.05) is 24.2 Å². The minimum Gasteiger partial charge on any atom is -0.353 e. The van der Waals surface area contributed by atoms with Crippen LogP contribution in [0.15, 0.2) is 72.4 Å². The van der Waals surface area contributed by atoms with Gasteiger partial charge in [-0.1, -0.05) is 6.07 Å². The minimum atomic E-state index is -2.73. The molecule has 0 radical (unpaired) electrons. The summed E-state index contributed by atoms with van der Waals surface area (Å²) < 4.78 is 28.5. The van der Waals surface area contributed by atoms with Gasteiger partial charge in [-0.05, 0) is 43.0 Å². The predicted molar refractivity (Wildman–Crippen MR) is 152 cm³/mol. The van der Waals surface area contributed by atoms with Crippen LogP contribution in [0.5, 0.6) is 0 Å². The average molecular weight is 570 g/mol. The van der Waals surface area contributed by atoms with Gasteiger partial charge in [0.2, 0.25) is 0 Å². The van der Waals surface area contributed by atoms with Gasteiger partial charge in [-0.15, -0.1) is 11.8 Å².